The molecule has 0 saturated carbocycles. The number of anilines is 1. The fraction of sp³-hybridized carbons (Fsp3) is 0.111. The van der Waals surface area contributed by atoms with Gasteiger partial charge in [0, 0.05) is 27.4 Å². The van der Waals surface area contributed by atoms with Crippen LogP contribution in [0.1, 0.15) is 15.9 Å². The predicted octanol–water partition coefficient (Wildman–Crippen LogP) is 2.98. The number of benzene rings is 2. The average Bonchev–Trinajstić information content (AvgIpc) is 2.54. The molecule has 0 unspecified atom stereocenters. The van der Waals surface area contributed by atoms with Crippen molar-refractivity contribution < 1.29 is 9.59 Å². The van der Waals surface area contributed by atoms with E-state index in [2.05, 4.69) is 33.8 Å². The summed E-state index contributed by atoms with van der Waals surface area (Å²) >= 11 is 2.17. The Morgan fingerprint density at radius 1 is 1.22 bits per heavy atom. The van der Waals surface area contributed by atoms with Crippen molar-refractivity contribution in [2.24, 2.45) is 0 Å². The summed E-state index contributed by atoms with van der Waals surface area (Å²) in [6.07, 6.45) is 5.33. The van der Waals surface area contributed by atoms with Crippen molar-refractivity contribution in [2.45, 2.75) is 0 Å². The predicted molar refractivity (Wildman–Crippen MR) is 99.1 cm³/mol. The molecule has 0 aliphatic carbocycles. The van der Waals surface area contributed by atoms with Crippen LogP contribution in [-0.4, -0.2) is 30.3 Å². The molecule has 0 fully saturated rings. The Hall–Kier alpha value is -2.33. The minimum absolute atomic E-state index is 0.0366. The summed E-state index contributed by atoms with van der Waals surface area (Å²) in [5.74, 6) is 2.03. The standard InChI is InChI=1S/C18H15IN2O2/c1-3-13-5-4-6-16(11-13)20-17(22)12-21(2)18(23)14-7-9-15(19)10-8-14/h1,4-11H,12H2,2H3,(H,20,22). The first-order valence-electron chi connectivity index (χ1n) is 6.87. The quantitative estimate of drug-likeness (QED) is 0.613. The van der Waals surface area contributed by atoms with Gasteiger partial charge in [-0.05, 0) is 65.1 Å². The summed E-state index contributed by atoms with van der Waals surface area (Å²) in [7, 11) is 1.59. The SMILES string of the molecule is C#Cc1cccc(NC(=O)CN(C)C(=O)c2ccc(I)cc2)c1. The van der Waals surface area contributed by atoms with E-state index < -0.39 is 0 Å². The van der Waals surface area contributed by atoms with E-state index in [-0.39, 0.29) is 18.4 Å². The van der Waals surface area contributed by atoms with Gasteiger partial charge in [-0.25, -0.2) is 0 Å². The van der Waals surface area contributed by atoms with Gasteiger partial charge in [-0.2, -0.15) is 0 Å². The Bertz CT molecular complexity index is 763. The number of nitrogens with one attached hydrogen (secondary N) is 1. The number of halogens is 1. The highest BCUT2D eigenvalue weighted by Gasteiger charge is 2.15. The lowest BCUT2D eigenvalue weighted by Gasteiger charge is -2.17. The van der Waals surface area contributed by atoms with Gasteiger partial charge in [-0.15, -0.1) is 6.42 Å². The molecule has 23 heavy (non-hydrogen) atoms. The summed E-state index contributed by atoms with van der Waals surface area (Å²) in [5.41, 5.74) is 1.85. The molecule has 2 aromatic carbocycles. The van der Waals surface area contributed by atoms with Gasteiger partial charge >= 0.3 is 0 Å². The molecule has 0 aliphatic rings. The highest BCUT2D eigenvalue weighted by Crippen LogP contribution is 2.11. The van der Waals surface area contributed by atoms with Gasteiger partial charge in [-0.3, -0.25) is 9.59 Å². The van der Waals surface area contributed by atoms with E-state index in [1.807, 2.05) is 12.1 Å². The van der Waals surface area contributed by atoms with E-state index in [1.54, 1.807) is 43.4 Å². The van der Waals surface area contributed by atoms with Crippen LogP contribution < -0.4 is 5.32 Å². The lowest BCUT2D eigenvalue weighted by Crippen LogP contribution is -2.34. The molecular weight excluding hydrogens is 403 g/mol. The third-order valence-corrected chi connectivity index (χ3v) is 3.85. The maximum atomic E-state index is 12.3. The van der Waals surface area contributed by atoms with Crippen molar-refractivity contribution in [3.05, 3.63) is 63.2 Å². The summed E-state index contributed by atoms with van der Waals surface area (Å²) in [5, 5.41) is 2.73. The van der Waals surface area contributed by atoms with E-state index in [9.17, 15) is 9.59 Å². The minimum Gasteiger partial charge on any atom is -0.332 e. The zero-order chi connectivity index (χ0) is 16.8. The minimum atomic E-state index is -0.277. The summed E-state index contributed by atoms with van der Waals surface area (Å²) in [6.45, 7) is -0.0366. The number of rotatable bonds is 4. The number of amides is 2. The van der Waals surface area contributed by atoms with Crippen LogP contribution in [0.15, 0.2) is 48.5 Å². The molecule has 2 aromatic rings. The Labute approximate surface area is 149 Å². The van der Waals surface area contributed by atoms with Crippen molar-refractivity contribution in [1.29, 1.82) is 0 Å². The topological polar surface area (TPSA) is 49.4 Å². The maximum absolute atomic E-state index is 12.3. The zero-order valence-corrected chi connectivity index (χ0v) is 14.7. The van der Waals surface area contributed by atoms with E-state index in [0.29, 0.717) is 16.8 Å². The Kier molecular flexibility index (Phi) is 5.77. The van der Waals surface area contributed by atoms with Crippen molar-refractivity contribution in [3.63, 3.8) is 0 Å². The van der Waals surface area contributed by atoms with E-state index >= 15 is 0 Å². The fourth-order valence-corrected chi connectivity index (χ4v) is 2.35. The van der Waals surface area contributed by atoms with Crippen LogP contribution >= 0.6 is 22.6 Å². The van der Waals surface area contributed by atoms with Crippen molar-refractivity contribution >= 4 is 40.1 Å². The van der Waals surface area contributed by atoms with E-state index in [1.165, 1.54) is 4.90 Å². The normalized spacial score (nSPS) is 9.78. The van der Waals surface area contributed by atoms with Gasteiger partial charge in [0.1, 0.15) is 0 Å². The third-order valence-electron chi connectivity index (χ3n) is 3.13. The van der Waals surface area contributed by atoms with Crippen LogP contribution in [0.2, 0.25) is 0 Å². The molecule has 0 bridgehead atoms. The first-order valence-corrected chi connectivity index (χ1v) is 7.95. The molecule has 0 spiro atoms. The second-order valence-electron chi connectivity index (χ2n) is 4.94. The van der Waals surface area contributed by atoms with Gasteiger partial charge in [-0.1, -0.05) is 12.0 Å². The molecule has 0 aliphatic heterocycles. The van der Waals surface area contributed by atoms with Gasteiger partial charge < -0.3 is 10.2 Å². The monoisotopic (exact) mass is 418 g/mol. The molecule has 0 aromatic heterocycles. The lowest BCUT2D eigenvalue weighted by atomic mass is 10.2. The molecule has 2 amide bonds. The Morgan fingerprint density at radius 2 is 1.91 bits per heavy atom. The average molecular weight is 418 g/mol. The van der Waals surface area contributed by atoms with Crippen LogP contribution in [0.4, 0.5) is 5.69 Å². The van der Waals surface area contributed by atoms with Crippen LogP contribution in [0, 0.1) is 15.9 Å². The van der Waals surface area contributed by atoms with Crippen LogP contribution in [0.3, 0.4) is 0 Å². The molecule has 2 rings (SSSR count). The second-order valence-corrected chi connectivity index (χ2v) is 6.19. The van der Waals surface area contributed by atoms with Crippen LogP contribution in [0.5, 0.6) is 0 Å². The first-order chi connectivity index (χ1) is 11.0. The van der Waals surface area contributed by atoms with Crippen LogP contribution in [-0.2, 0) is 4.79 Å². The van der Waals surface area contributed by atoms with Gasteiger partial charge in [0.25, 0.3) is 5.91 Å². The van der Waals surface area contributed by atoms with E-state index in [4.69, 9.17) is 6.42 Å². The number of hydrogen-bond acceptors (Lipinski definition) is 2. The highest BCUT2D eigenvalue weighted by molar-refractivity contribution is 14.1. The Balaban J connectivity index is 1.97. The molecule has 5 heteroatoms. The molecule has 116 valence electrons. The highest BCUT2D eigenvalue weighted by atomic mass is 127. The first kappa shape index (κ1) is 17.0. The van der Waals surface area contributed by atoms with Gasteiger partial charge in [0.05, 0.1) is 6.54 Å². The van der Waals surface area contributed by atoms with Crippen LogP contribution in [0.25, 0.3) is 0 Å². The number of likely N-dealkylation sites (N-methyl/N-ethyl adjacent to an activating group) is 1. The molecule has 0 saturated heterocycles. The summed E-state index contributed by atoms with van der Waals surface area (Å²) in [4.78, 5) is 25.7. The number of carbonyl (C=O) groups excluding carboxylic acids is 2. The number of hydrogen-bond donors (Lipinski definition) is 1. The zero-order valence-electron chi connectivity index (χ0n) is 12.5. The van der Waals surface area contributed by atoms with Crippen molar-refractivity contribution in [1.82, 2.24) is 4.90 Å². The van der Waals surface area contributed by atoms with Gasteiger partial charge in [0.15, 0.2) is 0 Å². The number of nitrogens with zero attached hydrogens (tertiary/aromatic N) is 1. The maximum Gasteiger partial charge on any atom is 0.254 e. The van der Waals surface area contributed by atoms with E-state index in [0.717, 1.165) is 3.57 Å². The molecular formula is C18H15IN2O2. The molecule has 4 nitrogen and oxygen atoms in total. The molecule has 1 N–H and O–H groups in total. The number of carbonyl (C=O) groups is 2. The molecule has 0 radical (unpaired) electrons. The smallest absolute Gasteiger partial charge is 0.254 e. The van der Waals surface area contributed by atoms with Crippen molar-refractivity contribution in [2.75, 3.05) is 18.9 Å². The lowest BCUT2D eigenvalue weighted by molar-refractivity contribution is -0.116. The third kappa shape index (κ3) is 4.83. The second kappa shape index (κ2) is 7.79. The summed E-state index contributed by atoms with van der Waals surface area (Å²) in [6, 6.07) is 14.2. The number of terminal acetylenes is 1. The Morgan fingerprint density at radius 3 is 2.57 bits per heavy atom. The molecule has 0 atom stereocenters. The largest absolute Gasteiger partial charge is 0.332 e. The molecule has 0 heterocycles. The summed E-state index contributed by atoms with van der Waals surface area (Å²) < 4.78 is 1.05. The fourth-order valence-electron chi connectivity index (χ4n) is 1.99. The van der Waals surface area contributed by atoms with Crippen molar-refractivity contribution in [3.8, 4) is 12.3 Å². The van der Waals surface area contributed by atoms with Gasteiger partial charge in [0.2, 0.25) is 5.91 Å².